The van der Waals surface area contributed by atoms with Crippen molar-refractivity contribution in [3.05, 3.63) is 78.6 Å². The predicted molar refractivity (Wildman–Crippen MR) is 115 cm³/mol. The lowest BCUT2D eigenvalue weighted by molar-refractivity contribution is -0.137. The van der Waals surface area contributed by atoms with Gasteiger partial charge in [-0.1, -0.05) is 49.1 Å². The van der Waals surface area contributed by atoms with Gasteiger partial charge in [-0.15, -0.1) is 0 Å². The topological polar surface area (TPSA) is 88.8 Å². The average molecular weight is 409 g/mol. The van der Waals surface area contributed by atoms with E-state index in [1.54, 1.807) is 0 Å². The SMILES string of the molecule is C=CC(=O)OCCCCC(O)COC1=CC2OC(=N)C(c3ccccc3)=CC2C=C1. The first-order valence-electron chi connectivity index (χ1n) is 10.1. The molecule has 3 atom stereocenters. The Kier molecular flexibility index (Phi) is 7.63. The van der Waals surface area contributed by atoms with Gasteiger partial charge in [-0.25, -0.2) is 4.79 Å². The number of carbonyl (C=O) groups excluding carboxylic acids is 1. The van der Waals surface area contributed by atoms with E-state index in [0.717, 1.165) is 23.6 Å². The molecule has 30 heavy (non-hydrogen) atoms. The van der Waals surface area contributed by atoms with Gasteiger partial charge in [-0.2, -0.15) is 0 Å². The number of esters is 1. The number of rotatable bonds is 10. The second-order valence-electron chi connectivity index (χ2n) is 7.20. The zero-order valence-electron chi connectivity index (χ0n) is 16.8. The number of hydrogen-bond donors (Lipinski definition) is 2. The van der Waals surface area contributed by atoms with Crippen molar-refractivity contribution in [3.8, 4) is 0 Å². The summed E-state index contributed by atoms with van der Waals surface area (Å²) >= 11 is 0. The normalized spacial score (nSPS) is 20.9. The van der Waals surface area contributed by atoms with E-state index in [0.29, 0.717) is 25.2 Å². The summed E-state index contributed by atoms with van der Waals surface area (Å²) in [6, 6.07) is 9.76. The van der Waals surface area contributed by atoms with Crippen LogP contribution in [-0.2, 0) is 19.0 Å². The third-order valence-electron chi connectivity index (χ3n) is 4.92. The second kappa shape index (κ2) is 10.6. The summed E-state index contributed by atoms with van der Waals surface area (Å²) in [7, 11) is 0. The van der Waals surface area contributed by atoms with E-state index >= 15 is 0 Å². The number of unbranched alkanes of at least 4 members (excludes halogenated alkanes) is 1. The van der Waals surface area contributed by atoms with Crippen LogP contribution in [0.2, 0.25) is 0 Å². The molecule has 1 heterocycles. The average Bonchev–Trinajstić information content (AvgIpc) is 2.77. The third-order valence-corrected chi connectivity index (χ3v) is 4.92. The molecule has 0 saturated heterocycles. The molecule has 1 aliphatic heterocycles. The highest BCUT2D eigenvalue weighted by Crippen LogP contribution is 2.31. The highest BCUT2D eigenvalue weighted by molar-refractivity contribution is 6.18. The van der Waals surface area contributed by atoms with Gasteiger partial charge in [-0.3, -0.25) is 5.41 Å². The molecule has 0 bridgehead atoms. The maximum absolute atomic E-state index is 10.9. The van der Waals surface area contributed by atoms with Crippen LogP contribution in [-0.4, -0.2) is 42.4 Å². The molecule has 3 unspecified atom stereocenters. The summed E-state index contributed by atoms with van der Waals surface area (Å²) in [5, 5.41) is 18.3. The molecule has 0 radical (unpaired) electrons. The number of nitrogens with one attached hydrogen (secondary N) is 1. The van der Waals surface area contributed by atoms with Crippen molar-refractivity contribution in [2.75, 3.05) is 13.2 Å². The van der Waals surface area contributed by atoms with Crippen LogP contribution in [0, 0.1) is 11.3 Å². The third kappa shape index (κ3) is 5.94. The molecule has 0 spiro atoms. The van der Waals surface area contributed by atoms with Gasteiger partial charge in [-0.05, 0) is 37.0 Å². The van der Waals surface area contributed by atoms with E-state index in [1.807, 2.05) is 54.6 Å². The number of aliphatic hydroxyl groups is 1. The summed E-state index contributed by atoms with van der Waals surface area (Å²) in [6.07, 6.45) is 9.95. The van der Waals surface area contributed by atoms with E-state index in [4.69, 9.17) is 19.6 Å². The molecule has 3 rings (SSSR count). The number of aliphatic hydroxyl groups excluding tert-OH is 1. The van der Waals surface area contributed by atoms with Crippen molar-refractivity contribution in [3.63, 3.8) is 0 Å². The smallest absolute Gasteiger partial charge is 0.330 e. The largest absolute Gasteiger partial charge is 0.491 e. The molecule has 2 aliphatic rings. The Labute approximate surface area is 176 Å². The van der Waals surface area contributed by atoms with Gasteiger partial charge in [0, 0.05) is 17.6 Å². The molecular weight excluding hydrogens is 382 g/mol. The van der Waals surface area contributed by atoms with Crippen LogP contribution >= 0.6 is 0 Å². The number of benzene rings is 1. The van der Waals surface area contributed by atoms with Crippen molar-refractivity contribution < 1.29 is 24.1 Å². The molecule has 1 aromatic rings. The van der Waals surface area contributed by atoms with Crippen LogP contribution < -0.4 is 0 Å². The quantitative estimate of drug-likeness (QED) is 0.349. The van der Waals surface area contributed by atoms with Crippen LogP contribution in [0.25, 0.3) is 5.57 Å². The maximum atomic E-state index is 10.9. The summed E-state index contributed by atoms with van der Waals surface area (Å²) in [4.78, 5) is 10.9. The highest BCUT2D eigenvalue weighted by Gasteiger charge is 2.29. The second-order valence-corrected chi connectivity index (χ2v) is 7.20. The minimum Gasteiger partial charge on any atom is -0.491 e. The number of fused-ring (bicyclic) bond motifs is 1. The fourth-order valence-electron chi connectivity index (χ4n) is 3.31. The molecule has 0 amide bonds. The number of allylic oxidation sites excluding steroid dienone is 1. The molecule has 6 heteroatoms. The Morgan fingerprint density at radius 2 is 2.07 bits per heavy atom. The fourth-order valence-corrected chi connectivity index (χ4v) is 3.31. The minimum atomic E-state index is -0.609. The lowest BCUT2D eigenvalue weighted by Crippen LogP contribution is -2.30. The van der Waals surface area contributed by atoms with Crippen LogP contribution in [0.1, 0.15) is 24.8 Å². The van der Waals surface area contributed by atoms with Gasteiger partial charge in [0.2, 0.25) is 5.90 Å². The first-order valence-corrected chi connectivity index (χ1v) is 10.1. The zero-order valence-corrected chi connectivity index (χ0v) is 16.8. The van der Waals surface area contributed by atoms with Gasteiger partial charge in [0.05, 0.1) is 12.7 Å². The van der Waals surface area contributed by atoms with E-state index in [-0.39, 0.29) is 24.5 Å². The van der Waals surface area contributed by atoms with Crippen molar-refractivity contribution in [1.29, 1.82) is 5.41 Å². The number of hydrogen-bond acceptors (Lipinski definition) is 6. The Bertz CT molecular complexity index is 856. The summed E-state index contributed by atoms with van der Waals surface area (Å²) in [5.41, 5.74) is 1.75. The summed E-state index contributed by atoms with van der Waals surface area (Å²) in [6.45, 7) is 3.82. The van der Waals surface area contributed by atoms with Crippen LogP contribution in [0.15, 0.2) is 73.1 Å². The summed E-state index contributed by atoms with van der Waals surface area (Å²) in [5.74, 6) is 0.368. The molecule has 158 valence electrons. The van der Waals surface area contributed by atoms with Crippen LogP contribution in [0.4, 0.5) is 0 Å². The maximum Gasteiger partial charge on any atom is 0.330 e. The fraction of sp³-hybridized carbons (Fsp3) is 0.333. The Hall–Kier alpha value is -3.12. The minimum absolute atomic E-state index is 0.0323. The van der Waals surface area contributed by atoms with Gasteiger partial charge < -0.3 is 19.3 Å². The predicted octanol–water partition coefficient (Wildman–Crippen LogP) is 3.79. The molecule has 2 N–H and O–H groups in total. The van der Waals surface area contributed by atoms with Crippen LogP contribution in [0.3, 0.4) is 0 Å². The van der Waals surface area contributed by atoms with Crippen molar-refractivity contribution in [1.82, 2.24) is 0 Å². The van der Waals surface area contributed by atoms with E-state index in [9.17, 15) is 9.90 Å². The first kappa shape index (κ1) is 21.6. The lowest BCUT2D eigenvalue weighted by atomic mass is 9.89. The number of carbonyl (C=O) groups is 1. The van der Waals surface area contributed by atoms with Crippen molar-refractivity contribution in [2.24, 2.45) is 5.92 Å². The molecule has 0 fully saturated rings. The van der Waals surface area contributed by atoms with Gasteiger partial charge in [0.25, 0.3) is 0 Å². The molecule has 1 aromatic carbocycles. The Morgan fingerprint density at radius 3 is 2.83 bits per heavy atom. The van der Waals surface area contributed by atoms with E-state index in [2.05, 4.69) is 6.58 Å². The zero-order chi connectivity index (χ0) is 21.3. The monoisotopic (exact) mass is 409 g/mol. The van der Waals surface area contributed by atoms with Crippen molar-refractivity contribution in [2.45, 2.75) is 31.5 Å². The summed E-state index contributed by atoms with van der Waals surface area (Å²) < 4.78 is 16.4. The molecule has 0 aromatic heterocycles. The molecular formula is C24H27NO5. The van der Waals surface area contributed by atoms with Gasteiger partial charge >= 0.3 is 5.97 Å². The van der Waals surface area contributed by atoms with E-state index in [1.165, 1.54) is 0 Å². The van der Waals surface area contributed by atoms with Crippen molar-refractivity contribution >= 4 is 17.4 Å². The highest BCUT2D eigenvalue weighted by atomic mass is 16.5. The first-order chi connectivity index (χ1) is 14.6. The van der Waals surface area contributed by atoms with Crippen LogP contribution in [0.5, 0.6) is 0 Å². The molecule has 1 aliphatic carbocycles. The van der Waals surface area contributed by atoms with Gasteiger partial charge in [0.15, 0.2) is 0 Å². The Morgan fingerprint density at radius 1 is 1.27 bits per heavy atom. The number of ether oxygens (including phenoxy) is 3. The molecule has 0 saturated carbocycles. The molecule has 6 nitrogen and oxygen atoms in total. The standard InChI is InChI=1S/C24H27NO5/c1-2-23(27)28-13-7-6-10-19(26)16-29-20-12-11-18-14-21(17-8-4-3-5-9-17)24(25)30-22(18)15-20/h2-5,8-9,11-12,14-15,18-19,22,25-26H,1,6-7,10,13,16H2. The lowest BCUT2D eigenvalue weighted by Gasteiger charge is -2.30. The van der Waals surface area contributed by atoms with E-state index < -0.39 is 12.1 Å². The van der Waals surface area contributed by atoms with Gasteiger partial charge in [0.1, 0.15) is 18.5 Å². The Balaban J connectivity index is 1.45.